The number of aromatic nitrogens is 5. The molecule has 0 saturated heterocycles. The summed E-state index contributed by atoms with van der Waals surface area (Å²) >= 11 is 0. The lowest BCUT2D eigenvalue weighted by molar-refractivity contribution is -0.636. The number of nitrogens with zero attached hydrogens (tertiary/aromatic N) is 5. The normalized spacial score (nSPS) is 14.8. The van der Waals surface area contributed by atoms with Gasteiger partial charge in [0.15, 0.2) is 5.52 Å². The first-order valence-corrected chi connectivity index (χ1v) is 8.49. The Kier molecular flexibility index (Phi) is 2.06. The van der Waals surface area contributed by atoms with Crippen LogP contribution in [0.1, 0.15) is 9.68 Å². The molecule has 0 N–H and O–H groups in total. The highest BCUT2D eigenvalue weighted by Gasteiger charge is 2.36. The number of pyridine rings is 2. The zero-order chi connectivity index (χ0) is 19.8. The Labute approximate surface area is 154 Å². The number of fused-ring (bicyclic) bond motifs is 7. The second-order valence-corrected chi connectivity index (χ2v) is 6.47. The van der Waals surface area contributed by atoms with Crippen molar-refractivity contribution in [3.05, 3.63) is 72.6 Å². The molecule has 0 saturated carbocycles. The number of hydrogen-bond acceptors (Lipinski definition) is 2. The molecule has 0 radical (unpaired) electrons. The van der Waals surface area contributed by atoms with Crippen LogP contribution in [0.4, 0.5) is 0 Å². The maximum atomic E-state index is 8.34. The lowest BCUT2D eigenvalue weighted by Crippen LogP contribution is -2.31. The van der Waals surface area contributed by atoms with Gasteiger partial charge in [-0.15, -0.1) is 0 Å². The average Bonchev–Trinajstić information content (AvgIpc) is 3.34. The summed E-state index contributed by atoms with van der Waals surface area (Å²) in [5, 5.41) is 0.920. The van der Waals surface area contributed by atoms with Gasteiger partial charge < -0.3 is 0 Å². The zero-order valence-electron chi connectivity index (χ0n) is 16.8. The molecule has 0 bridgehead atoms. The van der Waals surface area contributed by atoms with Gasteiger partial charge in [-0.1, -0.05) is 24.3 Å². The number of aryl methyl sites for hydroxylation is 1. The van der Waals surface area contributed by atoms with E-state index >= 15 is 0 Å². The Morgan fingerprint density at radius 1 is 1.00 bits per heavy atom. The van der Waals surface area contributed by atoms with E-state index in [4.69, 9.17) is 4.11 Å². The van der Waals surface area contributed by atoms with Crippen LogP contribution in [0, 0.1) is 0 Å². The molecule has 0 amide bonds. The van der Waals surface area contributed by atoms with E-state index in [2.05, 4.69) is 14.5 Å². The van der Waals surface area contributed by atoms with Crippen molar-refractivity contribution < 1.29 is 8.68 Å². The highest BCUT2D eigenvalue weighted by Crippen LogP contribution is 2.37. The van der Waals surface area contributed by atoms with Crippen LogP contribution in [-0.4, -0.2) is 19.1 Å². The average molecular weight is 341 g/mol. The van der Waals surface area contributed by atoms with Gasteiger partial charge >= 0.3 is 0 Å². The lowest BCUT2D eigenvalue weighted by Gasteiger charge is -2.02. The van der Waals surface area contributed by atoms with Gasteiger partial charge in [0.25, 0.3) is 11.5 Å². The largest absolute Gasteiger partial charge is 0.275 e. The fourth-order valence-corrected chi connectivity index (χ4v) is 4.03. The van der Waals surface area contributed by atoms with E-state index in [0.717, 1.165) is 33.5 Å². The van der Waals surface area contributed by atoms with Crippen molar-refractivity contribution in [3.8, 4) is 17.2 Å². The predicted octanol–water partition coefficient (Wildman–Crippen LogP) is 3.23. The van der Waals surface area contributed by atoms with Crippen LogP contribution in [0.25, 0.3) is 39.4 Å². The summed E-state index contributed by atoms with van der Waals surface area (Å²) in [6.45, 7) is -1.79. The Morgan fingerprint density at radius 2 is 1.85 bits per heavy atom. The number of para-hydroxylation sites is 1. The van der Waals surface area contributed by atoms with Crippen LogP contribution in [0.15, 0.2) is 67.0 Å². The van der Waals surface area contributed by atoms with Crippen molar-refractivity contribution in [2.75, 3.05) is 0 Å². The fraction of sp³-hybridized carbons (Fsp3) is 0.0952. The maximum Gasteiger partial charge on any atom is 0.275 e. The summed E-state index contributed by atoms with van der Waals surface area (Å²) in [7, 11) is 0. The molecule has 5 heteroatoms. The maximum absolute atomic E-state index is 8.34. The van der Waals surface area contributed by atoms with Gasteiger partial charge in [0.1, 0.15) is 11.4 Å². The lowest BCUT2D eigenvalue weighted by atomic mass is 10.2. The number of rotatable bonds is 1. The molecule has 124 valence electrons. The van der Waals surface area contributed by atoms with Crippen LogP contribution in [0.5, 0.6) is 0 Å². The molecule has 0 fully saturated rings. The summed E-state index contributed by atoms with van der Waals surface area (Å²) in [5.74, 6) is 0.612. The molecule has 4 aromatic heterocycles. The Bertz CT molecular complexity index is 1410. The summed E-state index contributed by atoms with van der Waals surface area (Å²) in [6, 6.07) is 17.5. The molecule has 1 aromatic carbocycles. The summed E-state index contributed by atoms with van der Waals surface area (Å²) in [6.07, 6.45) is 3.45. The first kappa shape index (κ1) is 11.2. The van der Waals surface area contributed by atoms with E-state index in [1.807, 2.05) is 59.2 Å². The molecule has 0 atom stereocenters. The minimum absolute atomic E-state index is 0.584. The van der Waals surface area contributed by atoms with Gasteiger partial charge in [0.05, 0.1) is 23.0 Å². The SMILES string of the molecule is [2H]C([2H])([2H])[n+]1c2n(c3c4cccnc4n(-c4ccccc4)c31)Cc1cccnc1-2. The van der Waals surface area contributed by atoms with E-state index < -0.39 is 6.98 Å². The molecule has 1 aliphatic rings. The van der Waals surface area contributed by atoms with Crippen LogP contribution >= 0.6 is 0 Å². The molecule has 0 unspecified atom stereocenters. The third-order valence-corrected chi connectivity index (χ3v) is 5.07. The molecule has 26 heavy (non-hydrogen) atoms. The quantitative estimate of drug-likeness (QED) is 0.431. The monoisotopic (exact) mass is 341 g/mol. The summed E-state index contributed by atoms with van der Waals surface area (Å²) in [5.41, 5.74) is 4.82. The molecule has 5 aromatic rings. The fourth-order valence-electron chi connectivity index (χ4n) is 4.03. The molecule has 0 aliphatic carbocycles. The third-order valence-electron chi connectivity index (χ3n) is 5.07. The zero-order valence-corrected chi connectivity index (χ0v) is 13.8. The van der Waals surface area contributed by atoms with Gasteiger partial charge in [-0.3, -0.25) is 0 Å². The third kappa shape index (κ3) is 1.57. The summed E-state index contributed by atoms with van der Waals surface area (Å²) in [4.78, 5) is 9.12. The van der Waals surface area contributed by atoms with Crippen molar-refractivity contribution in [1.82, 2.24) is 19.1 Å². The van der Waals surface area contributed by atoms with Gasteiger partial charge in [-0.05, 0) is 30.3 Å². The Morgan fingerprint density at radius 3 is 2.73 bits per heavy atom. The minimum atomic E-state index is -2.38. The second-order valence-electron chi connectivity index (χ2n) is 6.47. The predicted molar refractivity (Wildman–Crippen MR) is 100 cm³/mol. The molecule has 1 aliphatic heterocycles. The topological polar surface area (TPSA) is 39.5 Å². The first-order valence-electron chi connectivity index (χ1n) is 9.99. The smallest absolute Gasteiger partial charge is 0.249 e. The minimum Gasteiger partial charge on any atom is -0.249 e. The molecule has 6 rings (SSSR count). The number of hydrogen-bond donors (Lipinski definition) is 0. The van der Waals surface area contributed by atoms with Crippen LogP contribution < -0.4 is 4.57 Å². The van der Waals surface area contributed by atoms with Gasteiger partial charge in [0.2, 0.25) is 5.65 Å². The van der Waals surface area contributed by atoms with Crippen LogP contribution in [0.2, 0.25) is 0 Å². The molecular weight excluding hydrogens is 322 g/mol. The van der Waals surface area contributed by atoms with Gasteiger partial charge in [-0.25, -0.2) is 23.7 Å². The van der Waals surface area contributed by atoms with Crippen LogP contribution in [0.3, 0.4) is 0 Å². The van der Waals surface area contributed by atoms with E-state index in [-0.39, 0.29) is 0 Å². The number of benzene rings is 1. The van der Waals surface area contributed by atoms with Crippen molar-refractivity contribution in [2.45, 2.75) is 6.54 Å². The van der Waals surface area contributed by atoms with Crippen LogP contribution in [-0.2, 0) is 13.5 Å². The Hall–Kier alpha value is -3.47. The summed E-state index contributed by atoms with van der Waals surface area (Å²) < 4.78 is 30.4. The highest BCUT2D eigenvalue weighted by molar-refractivity contribution is 6.04. The molecule has 5 heterocycles. The Balaban J connectivity index is 1.88. The second kappa shape index (κ2) is 4.79. The standard InChI is InChI=1S/C21H16N5/c1-24-20-17-14(7-5-11-22-17)13-25(20)18-16-10-6-12-23-19(16)26(21(18)24)15-8-3-2-4-9-15/h2-12H,13H2,1H3/q+1/i1D3. The first-order chi connectivity index (χ1) is 14.1. The van der Waals surface area contributed by atoms with Crippen molar-refractivity contribution in [3.63, 3.8) is 0 Å². The number of imidazole rings is 1. The molecule has 0 spiro atoms. The molecule has 5 nitrogen and oxygen atoms in total. The van der Waals surface area contributed by atoms with Gasteiger partial charge in [-0.2, -0.15) is 0 Å². The van der Waals surface area contributed by atoms with E-state index in [1.165, 1.54) is 4.57 Å². The van der Waals surface area contributed by atoms with Crippen molar-refractivity contribution in [1.29, 1.82) is 0 Å². The highest BCUT2D eigenvalue weighted by atomic mass is 15.3. The van der Waals surface area contributed by atoms with E-state index in [9.17, 15) is 0 Å². The van der Waals surface area contributed by atoms with Gasteiger partial charge in [0, 0.05) is 18.0 Å². The van der Waals surface area contributed by atoms with E-state index in [1.54, 1.807) is 12.4 Å². The van der Waals surface area contributed by atoms with E-state index in [0.29, 0.717) is 18.0 Å². The molecular formula is C21H16N5+. The van der Waals surface area contributed by atoms with Crippen molar-refractivity contribution >= 4 is 22.2 Å². The van der Waals surface area contributed by atoms with Crippen molar-refractivity contribution in [2.24, 2.45) is 6.98 Å².